The van der Waals surface area contributed by atoms with Crippen molar-refractivity contribution in [1.29, 1.82) is 0 Å². The van der Waals surface area contributed by atoms with Crippen LogP contribution in [0.5, 0.6) is 11.5 Å². The summed E-state index contributed by atoms with van der Waals surface area (Å²) in [5.41, 5.74) is 11.1. The lowest BCUT2D eigenvalue weighted by molar-refractivity contribution is 0.435. The van der Waals surface area contributed by atoms with Gasteiger partial charge in [0.2, 0.25) is 0 Å². The van der Waals surface area contributed by atoms with Crippen LogP contribution in [0.2, 0.25) is 0 Å². The van der Waals surface area contributed by atoms with E-state index in [1.165, 1.54) is 39.1 Å². The van der Waals surface area contributed by atoms with Crippen LogP contribution in [0, 0.1) is 0 Å². The fourth-order valence-electron chi connectivity index (χ4n) is 7.30. The van der Waals surface area contributed by atoms with Gasteiger partial charge in [-0.1, -0.05) is 127 Å². The molecule has 210 valence electrons. The first-order chi connectivity index (χ1) is 21.8. The first kappa shape index (κ1) is 24.9. The van der Waals surface area contributed by atoms with Gasteiger partial charge in [-0.15, -0.1) is 0 Å². The molecule has 4 heteroatoms. The average Bonchev–Trinajstić information content (AvgIpc) is 3.39. The van der Waals surface area contributed by atoms with Gasteiger partial charge in [0.25, 0.3) is 0 Å². The maximum atomic E-state index is 6.53. The Bertz CT molecular complexity index is 2030. The Labute approximate surface area is 256 Å². The first-order valence-corrected chi connectivity index (χ1v) is 15.2. The molecule has 1 aliphatic carbocycles. The van der Waals surface area contributed by atoms with Crippen LogP contribution in [-0.4, -0.2) is 12.4 Å². The number of nitrogens with one attached hydrogen (secondary N) is 2. The monoisotopic (exact) mass is 567 g/mol. The van der Waals surface area contributed by atoms with Crippen LogP contribution in [0.25, 0.3) is 11.4 Å². The Kier molecular flexibility index (Phi) is 5.51. The summed E-state index contributed by atoms with van der Waals surface area (Å²) in [7, 11) is 0. The maximum absolute atomic E-state index is 6.53. The number of amidine groups is 1. The van der Waals surface area contributed by atoms with Crippen molar-refractivity contribution in [2.75, 3.05) is 6.54 Å². The molecule has 0 saturated carbocycles. The van der Waals surface area contributed by atoms with Crippen molar-refractivity contribution in [2.24, 2.45) is 4.99 Å². The highest BCUT2D eigenvalue weighted by Gasteiger charge is 2.52. The van der Waals surface area contributed by atoms with Crippen molar-refractivity contribution in [3.63, 3.8) is 0 Å². The van der Waals surface area contributed by atoms with E-state index in [9.17, 15) is 0 Å². The molecular formula is C40H29N3O. The highest BCUT2D eigenvalue weighted by atomic mass is 16.5. The van der Waals surface area contributed by atoms with E-state index in [0.717, 1.165) is 40.7 Å². The molecule has 4 nitrogen and oxygen atoms in total. The van der Waals surface area contributed by atoms with E-state index in [1.807, 2.05) is 12.1 Å². The Morgan fingerprint density at radius 2 is 1.34 bits per heavy atom. The van der Waals surface area contributed by atoms with E-state index in [4.69, 9.17) is 9.73 Å². The lowest BCUT2D eigenvalue weighted by atomic mass is 9.65. The molecule has 0 bridgehead atoms. The van der Waals surface area contributed by atoms with Crippen LogP contribution in [0.15, 0.2) is 156 Å². The zero-order valence-electron chi connectivity index (χ0n) is 24.0. The van der Waals surface area contributed by atoms with Crippen LogP contribution >= 0.6 is 0 Å². The summed E-state index contributed by atoms with van der Waals surface area (Å²) < 4.78 is 6.53. The molecule has 3 aliphatic heterocycles. The zero-order chi connectivity index (χ0) is 29.1. The Hall–Kier alpha value is -5.61. The number of allylic oxidation sites excluding steroid dienone is 2. The molecule has 1 unspecified atom stereocenters. The SMILES string of the molecule is C1=CC2=C(NC1)c1ccc(C3C=C(c4ccccc4)N=C(c4ccccc4)N3)cc1C21c2ccccc2Oc2ccccc21. The number of rotatable bonds is 3. The molecule has 4 aliphatic rings. The lowest BCUT2D eigenvalue weighted by Gasteiger charge is -2.40. The van der Waals surface area contributed by atoms with Gasteiger partial charge in [0.1, 0.15) is 17.3 Å². The predicted molar refractivity (Wildman–Crippen MR) is 177 cm³/mol. The fraction of sp³-hybridized carbons (Fsp3) is 0.0750. The molecule has 1 atom stereocenters. The largest absolute Gasteiger partial charge is 0.457 e. The van der Waals surface area contributed by atoms with Gasteiger partial charge in [0, 0.05) is 34.5 Å². The fourth-order valence-corrected chi connectivity index (χ4v) is 7.30. The van der Waals surface area contributed by atoms with Gasteiger partial charge in [-0.25, -0.2) is 4.99 Å². The molecule has 0 amide bonds. The number of aliphatic imine (C=N–C) groups is 1. The third kappa shape index (κ3) is 3.61. The number of hydrogen-bond acceptors (Lipinski definition) is 4. The van der Waals surface area contributed by atoms with Gasteiger partial charge in [-0.2, -0.15) is 0 Å². The summed E-state index contributed by atoms with van der Waals surface area (Å²) in [4.78, 5) is 5.10. The van der Waals surface area contributed by atoms with Gasteiger partial charge in [-0.3, -0.25) is 0 Å². The minimum Gasteiger partial charge on any atom is -0.457 e. The highest BCUT2D eigenvalue weighted by Crippen LogP contribution is 2.61. The summed E-state index contributed by atoms with van der Waals surface area (Å²) >= 11 is 0. The van der Waals surface area contributed by atoms with Crippen LogP contribution in [0.3, 0.4) is 0 Å². The molecule has 1 spiro atoms. The van der Waals surface area contributed by atoms with Crippen molar-refractivity contribution in [3.05, 3.63) is 190 Å². The molecule has 0 aromatic heterocycles. The van der Waals surface area contributed by atoms with Crippen LogP contribution in [0.1, 0.15) is 45.0 Å². The molecule has 3 heterocycles. The quantitative estimate of drug-likeness (QED) is 0.231. The van der Waals surface area contributed by atoms with E-state index in [1.54, 1.807) is 0 Å². The third-order valence-corrected chi connectivity index (χ3v) is 9.20. The molecule has 5 aromatic rings. The van der Waals surface area contributed by atoms with E-state index in [0.29, 0.717) is 0 Å². The molecule has 0 fully saturated rings. The zero-order valence-corrected chi connectivity index (χ0v) is 24.0. The average molecular weight is 568 g/mol. The number of hydrogen-bond donors (Lipinski definition) is 2. The standard InChI is InChI=1S/C40H29N3O/c1-3-12-26(13-4-1)34-25-35(43-39(42-34)27-14-5-2-6-15-27)28-21-22-29-33(24-28)40(32-18-11-23-41-38(29)32)30-16-7-9-19-36(30)44-37-20-10-8-17-31(37)40/h1-22,24-25,35,41H,23H2,(H,42,43). The Balaban J connectivity index is 1.26. The summed E-state index contributed by atoms with van der Waals surface area (Å²) in [5.74, 6) is 2.67. The van der Waals surface area contributed by atoms with Crippen molar-refractivity contribution in [1.82, 2.24) is 10.6 Å². The van der Waals surface area contributed by atoms with Gasteiger partial charge in [-0.05, 0) is 40.5 Å². The Morgan fingerprint density at radius 3 is 2.07 bits per heavy atom. The summed E-state index contributed by atoms with van der Waals surface area (Å²) in [6.07, 6.45) is 6.80. The molecule has 2 N–H and O–H groups in total. The van der Waals surface area contributed by atoms with E-state index in [-0.39, 0.29) is 6.04 Å². The molecule has 0 radical (unpaired) electrons. The van der Waals surface area contributed by atoms with Crippen molar-refractivity contribution >= 4 is 17.2 Å². The summed E-state index contributed by atoms with van der Waals surface area (Å²) in [5, 5.41) is 7.51. The van der Waals surface area contributed by atoms with Crippen LogP contribution in [-0.2, 0) is 5.41 Å². The van der Waals surface area contributed by atoms with Crippen LogP contribution < -0.4 is 15.4 Å². The second-order valence-corrected chi connectivity index (χ2v) is 11.6. The first-order valence-electron chi connectivity index (χ1n) is 15.2. The third-order valence-electron chi connectivity index (χ3n) is 9.20. The normalized spacial score (nSPS) is 18.5. The van der Waals surface area contributed by atoms with Gasteiger partial charge in [0.05, 0.1) is 17.2 Å². The minimum atomic E-state index is -0.507. The number of fused-ring (bicyclic) bond motifs is 8. The predicted octanol–water partition coefficient (Wildman–Crippen LogP) is 8.14. The van der Waals surface area contributed by atoms with Crippen LogP contribution in [0.4, 0.5) is 0 Å². The van der Waals surface area contributed by atoms with E-state index >= 15 is 0 Å². The number of dihydropyridines is 1. The van der Waals surface area contributed by atoms with Crippen molar-refractivity contribution < 1.29 is 4.74 Å². The smallest absolute Gasteiger partial charge is 0.134 e. The molecule has 44 heavy (non-hydrogen) atoms. The molecular weight excluding hydrogens is 538 g/mol. The number of para-hydroxylation sites is 2. The van der Waals surface area contributed by atoms with E-state index in [2.05, 4.69) is 144 Å². The van der Waals surface area contributed by atoms with Gasteiger partial charge in [0.15, 0.2) is 0 Å². The number of benzene rings is 5. The van der Waals surface area contributed by atoms with Gasteiger partial charge >= 0.3 is 0 Å². The molecule has 9 rings (SSSR count). The summed E-state index contributed by atoms with van der Waals surface area (Å²) in [6.45, 7) is 0.806. The van der Waals surface area contributed by atoms with Crippen molar-refractivity contribution in [2.45, 2.75) is 11.5 Å². The highest BCUT2D eigenvalue weighted by molar-refractivity contribution is 6.03. The maximum Gasteiger partial charge on any atom is 0.134 e. The Morgan fingerprint density at radius 1 is 0.682 bits per heavy atom. The van der Waals surface area contributed by atoms with Gasteiger partial charge < -0.3 is 15.4 Å². The topological polar surface area (TPSA) is 45.7 Å². The second-order valence-electron chi connectivity index (χ2n) is 11.6. The molecule has 5 aromatic carbocycles. The second kappa shape index (κ2) is 9.72. The lowest BCUT2D eigenvalue weighted by Crippen LogP contribution is -2.34. The van der Waals surface area contributed by atoms with E-state index < -0.39 is 5.41 Å². The summed E-state index contributed by atoms with van der Waals surface area (Å²) in [6, 6.07) is 44.7. The number of ether oxygens (including phenoxy) is 1. The minimum absolute atomic E-state index is 0.0771. The van der Waals surface area contributed by atoms with Crippen molar-refractivity contribution in [3.8, 4) is 11.5 Å². The molecule has 0 saturated heterocycles. The number of nitrogens with zero attached hydrogens (tertiary/aromatic N) is 1.